The Kier molecular flexibility index (Phi) is 4.12. The summed E-state index contributed by atoms with van der Waals surface area (Å²) < 4.78 is 22.6. The second-order valence-electron chi connectivity index (χ2n) is 5.86. The van der Waals surface area contributed by atoms with Crippen molar-refractivity contribution in [2.45, 2.75) is 19.9 Å². The number of ether oxygens (including phenoxy) is 1. The van der Waals surface area contributed by atoms with Gasteiger partial charge in [-0.25, -0.2) is 14.1 Å². The number of pyridine rings is 1. The third-order valence-electron chi connectivity index (χ3n) is 4.28. The molecule has 4 aromatic rings. The minimum Gasteiger partial charge on any atom is -0.481 e. The number of imidazole rings is 1. The number of rotatable bonds is 5. The topological polar surface area (TPSA) is 57.8 Å². The molecule has 7 heteroatoms. The standard InChI is InChI=1S/C19H18FN5O/c1-3-24-17(22-16-7-8-18(26-2)23-19(16)24)12-15-9-10-21-25(15)14-6-4-5-13(20)11-14/h4-11H,3,12H2,1-2H3. The Morgan fingerprint density at radius 2 is 2.00 bits per heavy atom. The van der Waals surface area contributed by atoms with E-state index in [-0.39, 0.29) is 5.82 Å². The molecule has 6 nitrogen and oxygen atoms in total. The molecular formula is C19H18FN5O. The molecule has 0 radical (unpaired) electrons. The highest BCUT2D eigenvalue weighted by molar-refractivity contribution is 5.72. The first-order valence-corrected chi connectivity index (χ1v) is 8.38. The van der Waals surface area contributed by atoms with Crippen molar-refractivity contribution in [1.29, 1.82) is 0 Å². The molecule has 132 valence electrons. The van der Waals surface area contributed by atoms with Crippen LogP contribution in [0.1, 0.15) is 18.4 Å². The molecule has 0 amide bonds. The van der Waals surface area contributed by atoms with E-state index >= 15 is 0 Å². The van der Waals surface area contributed by atoms with Crippen molar-refractivity contribution in [3.8, 4) is 11.6 Å². The number of halogens is 1. The predicted octanol–water partition coefficient (Wildman–Crippen LogP) is 3.38. The lowest BCUT2D eigenvalue weighted by atomic mass is 10.2. The Hall–Kier alpha value is -3.22. The zero-order valence-electron chi connectivity index (χ0n) is 14.6. The van der Waals surface area contributed by atoms with Gasteiger partial charge in [0.05, 0.1) is 18.5 Å². The third-order valence-corrected chi connectivity index (χ3v) is 4.28. The van der Waals surface area contributed by atoms with Crippen LogP contribution in [0.2, 0.25) is 0 Å². The summed E-state index contributed by atoms with van der Waals surface area (Å²) in [6, 6.07) is 12.0. The van der Waals surface area contributed by atoms with Crippen LogP contribution in [0.5, 0.6) is 5.88 Å². The molecule has 0 N–H and O–H groups in total. The SMILES string of the molecule is CCn1c(Cc2ccnn2-c2cccc(F)c2)nc2ccc(OC)nc21. The Balaban J connectivity index is 1.76. The van der Waals surface area contributed by atoms with Gasteiger partial charge in [0.25, 0.3) is 0 Å². The number of hydrogen-bond acceptors (Lipinski definition) is 4. The van der Waals surface area contributed by atoms with Gasteiger partial charge in [-0.2, -0.15) is 10.1 Å². The van der Waals surface area contributed by atoms with Crippen molar-refractivity contribution in [3.05, 3.63) is 66.0 Å². The van der Waals surface area contributed by atoms with Gasteiger partial charge in [-0.05, 0) is 37.3 Å². The summed E-state index contributed by atoms with van der Waals surface area (Å²) in [6.07, 6.45) is 2.27. The van der Waals surface area contributed by atoms with E-state index < -0.39 is 0 Å². The van der Waals surface area contributed by atoms with Crippen LogP contribution in [0.25, 0.3) is 16.9 Å². The number of benzene rings is 1. The maximum absolute atomic E-state index is 13.6. The third kappa shape index (κ3) is 2.81. The maximum Gasteiger partial charge on any atom is 0.215 e. The molecule has 0 fully saturated rings. The van der Waals surface area contributed by atoms with Gasteiger partial charge in [-0.15, -0.1) is 0 Å². The lowest BCUT2D eigenvalue weighted by Crippen LogP contribution is -2.08. The molecule has 0 aliphatic carbocycles. The normalized spacial score (nSPS) is 11.2. The molecule has 0 bridgehead atoms. The van der Waals surface area contributed by atoms with E-state index in [1.54, 1.807) is 30.1 Å². The molecule has 0 aliphatic heterocycles. The Labute approximate surface area is 149 Å². The van der Waals surface area contributed by atoms with Crippen LogP contribution in [0, 0.1) is 5.82 Å². The summed E-state index contributed by atoms with van der Waals surface area (Å²) in [4.78, 5) is 9.23. The van der Waals surface area contributed by atoms with E-state index in [1.807, 2.05) is 18.2 Å². The molecule has 0 atom stereocenters. The average Bonchev–Trinajstić information content (AvgIpc) is 3.25. The fourth-order valence-electron chi connectivity index (χ4n) is 3.08. The summed E-state index contributed by atoms with van der Waals surface area (Å²) in [5.41, 5.74) is 3.22. The lowest BCUT2D eigenvalue weighted by molar-refractivity contribution is 0.399. The Bertz CT molecular complexity index is 1070. The molecule has 0 unspecified atom stereocenters. The van der Waals surface area contributed by atoms with Gasteiger partial charge in [-0.3, -0.25) is 0 Å². The highest BCUT2D eigenvalue weighted by atomic mass is 19.1. The van der Waals surface area contributed by atoms with Crippen LogP contribution >= 0.6 is 0 Å². The number of methoxy groups -OCH3 is 1. The lowest BCUT2D eigenvalue weighted by Gasteiger charge is -2.09. The van der Waals surface area contributed by atoms with E-state index in [2.05, 4.69) is 21.6 Å². The van der Waals surface area contributed by atoms with Crippen LogP contribution < -0.4 is 4.74 Å². The molecule has 0 aliphatic rings. The minimum absolute atomic E-state index is 0.291. The van der Waals surface area contributed by atoms with Crippen LogP contribution in [0.15, 0.2) is 48.7 Å². The van der Waals surface area contributed by atoms with Gasteiger partial charge in [-0.1, -0.05) is 6.07 Å². The second kappa shape index (κ2) is 6.59. The summed E-state index contributed by atoms with van der Waals surface area (Å²) in [7, 11) is 1.60. The number of aryl methyl sites for hydroxylation is 1. The van der Waals surface area contributed by atoms with Crippen molar-refractivity contribution in [2.24, 2.45) is 0 Å². The van der Waals surface area contributed by atoms with Crippen molar-refractivity contribution in [3.63, 3.8) is 0 Å². The Morgan fingerprint density at radius 1 is 1.12 bits per heavy atom. The highest BCUT2D eigenvalue weighted by Gasteiger charge is 2.15. The predicted molar refractivity (Wildman–Crippen MR) is 96.1 cm³/mol. The zero-order chi connectivity index (χ0) is 18.1. The van der Waals surface area contributed by atoms with Crippen LogP contribution in [0.4, 0.5) is 4.39 Å². The first-order chi connectivity index (χ1) is 12.7. The summed E-state index contributed by atoms with van der Waals surface area (Å²) in [5.74, 6) is 1.14. The number of hydrogen-bond donors (Lipinski definition) is 0. The fourth-order valence-corrected chi connectivity index (χ4v) is 3.08. The maximum atomic E-state index is 13.6. The smallest absolute Gasteiger partial charge is 0.215 e. The molecule has 26 heavy (non-hydrogen) atoms. The zero-order valence-corrected chi connectivity index (χ0v) is 14.6. The number of nitrogens with zero attached hydrogens (tertiary/aromatic N) is 5. The number of aromatic nitrogens is 5. The largest absolute Gasteiger partial charge is 0.481 e. The summed E-state index contributed by atoms with van der Waals surface area (Å²) in [6.45, 7) is 2.79. The van der Waals surface area contributed by atoms with Crippen LogP contribution in [-0.2, 0) is 13.0 Å². The molecule has 4 rings (SSSR count). The highest BCUT2D eigenvalue weighted by Crippen LogP contribution is 2.21. The molecule has 0 spiro atoms. The van der Waals surface area contributed by atoms with Crippen molar-refractivity contribution in [1.82, 2.24) is 24.3 Å². The van der Waals surface area contributed by atoms with Gasteiger partial charge in [0.1, 0.15) is 17.2 Å². The average molecular weight is 351 g/mol. The van der Waals surface area contributed by atoms with Gasteiger partial charge >= 0.3 is 0 Å². The van der Waals surface area contributed by atoms with E-state index in [0.717, 1.165) is 29.2 Å². The van der Waals surface area contributed by atoms with E-state index in [4.69, 9.17) is 9.72 Å². The number of fused-ring (bicyclic) bond motifs is 1. The van der Waals surface area contributed by atoms with E-state index in [1.165, 1.54) is 12.1 Å². The molecule has 3 heterocycles. The Morgan fingerprint density at radius 3 is 2.77 bits per heavy atom. The van der Waals surface area contributed by atoms with Crippen molar-refractivity contribution >= 4 is 11.2 Å². The van der Waals surface area contributed by atoms with Gasteiger partial charge in [0, 0.05) is 25.2 Å². The molecule has 1 aromatic carbocycles. The van der Waals surface area contributed by atoms with Crippen molar-refractivity contribution < 1.29 is 9.13 Å². The summed E-state index contributed by atoms with van der Waals surface area (Å²) in [5, 5.41) is 4.34. The summed E-state index contributed by atoms with van der Waals surface area (Å²) >= 11 is 0. The molecule has 0 saturated heterocycles. The van der Waals surface area contributed by atoms with E-state index in [9.17, 15) is 4.39 Å². The van der Waals surface area contributed by atoms with Crippen molar-refractivity contribution in [2.75, 3.05) is 7.11 Å². The van der Waals surface area contributed by atoms with Crippen LogP contribution in [0.3, 0.4) is 0 Å². The second-order valence-corrected chi connectivity index (χ2v) is 5.86. The van der Waals surface area contributed by atoms with Gasteiger partial charge in [0.2, 0.25) is 5.88 Å². The molecular weight excluding hydrogens is 333 g/mol. The van der Waals surface area contributed by atoms with Gasteiger partial charge < -0.3 is 9.30 Å². The quantitative estimate of drug-likeness (QED) is 0.553. The van der Waals surface area contributed by atoms with E-state index in [0.29, 0.717) is 18.0 Å². The molecule has 3 aromatic heterocycles. The first kappa shape index (κ1) is 16.3. The fraction of sp³-hybridized carbons (Fsp3) is 0.211. The van der Waals surface area contributed by atoms with Crippen LogP contribution in [-0.4, -0.2) is 31.4 Å². The first-order valence-electron chi connectivity index (χ1n) is 8.38. The monoisotopic (exact) mass is 351 g/mol. The molecule has 0 saturated carbocycles. The minimum atomic E-state index is -0.291. The van der Waals surface area contributed by atoms with Gasteiger partial charge in [0.15, 0.2) is 5.65 Å².